The number of halogens is 1. The summed E-state index contributed by atoms with van der Waals surface area (Å²) in [6, 6.07) is 10.9. The van der Waals surface area contributed by atoms with E-state index < -0.39 is 6.10 Å². The second-order valence-corrected chi connectivity index (χ2v) is 6.19. The summed E-state index contributed by atoms with van der Waals surface area (Å²) in [5, 5.41) is 3.29. The van der Waals surface area contributed by atoms with Crippen molar-refractivity contribution in [3.05, 3.63) is 47.6 Å². The Kier molecular flexibility index (Phi) is 5.20. The Morgan fingerprint density at radius 1 is 1.25 bits per heavy atom. The average molecular weight is 346 g/mol. The lowest BCUT2D eigenvalue weighted by Crippen LogP contribution is -2.30. The molecule has 2 aromatic rings. The van der Waals surface area contributed by atoms with E-state index in [1.165, 1.54) is 12.8 Å². The molecular formula is C18H20ClN3O2. The lowest BCUT2D eigenvalue weighted by molar-refractivity contribution is -0.122. The molecule has 0 radical (unpaired) electrons. The van der Waals surface area contributed by atoms with Gasteiger partial charge in [0, 0.05) is 13.1 Å². The smallest absolute Gasteiger partial charge is 0.265 e. The number of aromatic nitrogens is 1. The molecule has 1 atom stereocenters. The van der Waals surface area contributed by atoms with E-state index in [0.29, 0.717) is 16.5 Å². The summed E-state index contributed by atoms with van der Waals surface area (Å²) in [4.78, 5) is 18.9. The molecule has 1 aromatic heterocycles. The molecule has 1 fully saturated rings. The highest BCUT2D eigenvalue weighted by molar-refractivity contribution is 6.32. The third-order valence-electron chi connectivity index (χ3n) is 3.96. The van der Waals surface area contributed by atoms with Gasteiger partial charge in [0.25, 0.3) is 5.91 Å². The fraction of sp³-hybridized carbons (Fsp3) is 0.333. The van der Waals surface area contributed by atoms with Crippen molar-refractivity contribution in [3.63, 3.8) is 0 Å². The first kappa shape index (κ1) is 16.6. The number of hydrogen-bond acceptors (Lipinski definition) is 4. The van der Waals surface area contributed by atoms with Crippen molar-refractivity contribution in [3.8, 4) is 5.75 Å². The van der Waals surface area contributed by atoms with Crippen LogP contribution in [0.5, 0.6) is 5.75 Å². The Balaban J connectivity index is 1.58. The summed E-state index contributed by atoms with van der Waals surface area (Å²) in [6.07, 6.45) is 3.42. The van der Waals surface area contributed by atoms with Crippen molar-refractivity contribution >= 4 is 29.0 Å². The van der Waals surface area contributed by atoms with Gasteiger partial charge in [0.05, 0.1) is 16.9 Å². The van der Waals surface area contributed by atoms with Gasteiger partial charge in [-0.2, -0.15) is 0 Å². The maximum absolute atomic E-state index is 12.3. The molecule has 1 saturated heterocycles. The first-order valence-corrected chi connectivity index (χ1v) is 8.44. The molecule has 1 unspecified atom stereocenters. The Bertz CT molecular complexity index is 700. The van der Waals surface area contributed by atoms with Gasteiger partial charge in [0.2, 0.25) is 0 Å². The molecule has 1 N–H and O–H groups in total. The SMILES string of the molecule is CC(Oc1ccccc1Cl)C(=O)Nc1ccc(N2CCCC2)nc1. The molecule has 126 valence electrons. The van der Waals surface area contributed by atoms with Crippen molar-refractivity contribution in [2.24, 2.45) is 0 Å². The van der Waals surface area contributed by atoms with Crippen LogP contribution in [0.2, 0.25) is 5.02 Å². The van der Waals surface area contributed by atoms with E-state index in [1.807, 2.05) is 24.3 Å². The predicted octanol–water partition coefficient (Wildman–Crippen LogP) is 3.74. The minimum absolute atomic E-state index is 0.245. The van der Waals surface area contributed by atoms with E-state index >= 15 is 0 Å². The molecule has 1 amide bonds. The molecule has 0 aliphatic carbocycles. The van der Waals surface area contributed by atoms with Crippen LogP contribution >= 0.6 is 11.6 Å². The summed E-state index contributed by atoms with van der Waals surface area (Å²) in [5.41, 5.74) is 0.651. The highest BCUT2D eigenvalue weighted by Gasteiger charge is 2.17. The molecular weight excluding hydrogens is 326 g/mol. The zero-order chi connectivity index (χ0) is 16.9. The number of rotatable bonds is 5. The van der Waals surface area contributed by atoms with Gasteiger partial charge < -0.3 is 15.0 Å². The number of para-hydroxylation sites is 1. The minimum atomic E-state index is -0.664. The molecule has 3 rings (SSSR count). The summed E-state index contributed by atoms with van der Waals surface area (Å²) >= 11 is 6.04. The van der Waals surface area contributed by atoms with Crippen LogP contribution in [-0.4, -0.2) is 30.1 Å². The van der Waals surface area contributed by atoms with Crippen LogP contribution in [0, 0.1) is 0 Å². The fourth-order valence-electron chi connectivity index (χ4n) is 2.62. The third-order valence-corrected chi connectivity index (χ3v) is 4.27. The largest absolute Gasteiger partial charge is 0.479 e. The van der Waals surface area contributed by atoms with Gasteiger partial charge in [-0.15, -0.1) is 0 Å². The van der Waals surface area contributed by atoms with Crippen LogP contribution in [0.4, 0.5) is 11.5 Å². The Morgan fingerprint density at radius 2 is 2.00 bits per heavy atom. The Morgan fingerprint density at radius 3 is 2.67 bits per heavy atom. The van der Waals surface area contributed by atoms with Gasteiger partial charge in [0.1, 0.15) is 11.6 Å². The molecule has 1 aromatic carbocycles. The number of nitrogens with zero attached hydrogens (tertiary/aromatic N) is 2. The van der Waals surface area contributed by atoms with Crippen molar-refractivity contribution < 1.29 is 9.53 Å². The van der Waals surface area contributed by atoms with Gasteiger partial charge in [-0.25, -0.2) is 4.98 Å². The lowest BCUT2D eigenvalue weighted by atomic mass is 10.3. The quantitative estimate of drug-likeness (QED) is 0.896. The van der Waals surface area contributed by atoms with E-state index in [1.54, 1.807) is 25.3 Å². The normalized spacial score (nSPS) is 15.2. The summed E-state index contributed by atoms with van der Waals surface area (Å²) in [7, 11) is 0. The topological polar surface area (TPSA) is 54.5 Å². The number of amides is 1. The summed E-state index contributed by atoms with van der Waals surface area (Å²) in [5.74, 6) is 1.20. The van der Waals surface area contributed by atoms with Gasteiger partial charge in [-0.3, -0.25) is 4.79 Å². The van der Waals surface area contributed by atoms with E-state index in [-0.39, 0.29) is 5.91 Å². The van der Waals surface area contributed by atoms with Gasteiger partial charge >= 0.3 is 0 Å². The van der Waals surface area contributed by atoms with Crippen molar-refractivity contribution in [1.82, 2.24) is 4.98 Å². The number of ether oxygens (including phenoxy) is 1. The number of nitrogens with one attached hydrogen (secondary N) is 1. The first-order valence-electron chi connectivity index (χ1n) is 8.06. The maximum atomic E-state index is 12.3. The van der Waals surface area contributed by atoms with Crippen molar-refractivity contribution in [2.75, 3.05) is 23.3 Å². The molecule has 1 aliphatic rings. The zero-order valence-corrected chi connectivity index (χ0v) is 14.3. The zero-order valence-electron chi connectivity index (χ0n) is 13.5. The fourth-order valence-corrected chi connectivity index (χ4v) is 2.80. The minimum Gasteiger partial charge on any atom is -0.479 e. The standard InChI is InChI=1S/C18H20ClN3O2/c1-13(24-16-7-3-2-6-15(16)19)18(23)21-14-8-9-17(20-12-14)22-10-4-5-11-22/h2-3,6-9,12-13H,4-5,10-11H2,1H3,(H,21,23). The summed E-state index contributed by atoms with van der Waals surface area (Å²) in [6.45, 7) is 3.77. The third kappa shape index (κ3) is 3.97. The van der Waals surface area contributed by atoms with E-state index in [9.17, 15) is 4.79 Å². The highest BCUT2D eigenvalue weighted by atomic mass is 35.5. The number of carbonyl (C=O) groups is 1. The number of pyridine rings is 1. The molecule has 5 nitrogen and oxygen atoms in total. The monoisotopic (exact) mass is 345 g/mol. The molecule has 0 spiro atoms. The van der Waals surface area contributed by atoms with Crippen LogP contribution in [0.1, 0.15) is 19.8 Å². The van der Waals surface area contributed by atoms with Crippen LogP contribution < -0.4 is 15.0 Å². The summed E-state index contributed by atoms with van der Waals surface area (Å²) < 4.78 is 5.61. The highest BCUT2D eigenvalue weighted by Crippen LogP contribution is 2.24. The van der Waals surface area contributed by atoms with E-state index in [2.05, 4.69) is 15.2 Å². The van der Waals surface area contributed by atoms with E-state index in [0.717, 1.165) is 18.9 Å². The Labute approximate surface area is 146 Å². The maximum Gasteiger partial charge on any atom is 0.265 e. The molecule has 6 heteroatoms. The van der Waals surface area contributed by atoms with Crippen LogP contribution in [0.15, 0.2) is 42.6 Å². The lowest BCUT2D eigenvalue weighted by Gasteiger charge is -2.17. The number of carbonyl (C=O) groups excluding carboxylic acids is 1. The number of anilines is 2. The number of benzene rings is 1. The second-order valence-electron chi connectivity index (χ2n) is 5.78. The average Bonchev–Trinajstić information content (AvgIpc) is 3.12. The van der Waals surface area contributed by atoms with Crippen LogP contribution in [0.25, 0.3) is 0 Å². The second kappa shape index (κ2) is 7.53. The molecule has 24 heavy (non-hydrogen) atoms. The van der Waals surface area contributed by atoms with Crippen molar-refractivity contribution in [2.45, 2.75) is 25.9 Å². The molecule has 0 saturated carbocycles. The van der Waals surface area contributed by atoms with Crippen LogP contribution in [0.3, 0.4) is 0 Å². The molecule has 1 aliphatic heterocycles. The Hall–Kier alpha value is -2.27. The van der Waals surface area contributed by atoms with Gasteiger partial charge in [-0.05, 0) is 44.0 Å². The van der Waals surface area contributed by atoms with Gasteiger partial charge in [-0.1, -0.05) is 23.7 Å². The predicted molar refractivity (Wildman–Crippen MR) is 95.9 cm³/mol. The van der Waals surface area contributed by atoms with Crippen LogP contribution in [-0.2, 0) is 4.79 Å². The van der Waals surface area contributed by atoms with Gasteiger partial charge in [0.15, 0.2) is 6.10 Å². The molecule has 2 heterocycles. The number of hydrogen-bond donors (Lipinski definition) is 1. The van der Waals surface area contributed by atoms with E-state index in [4.69, 9.17) is 16.3 Å². The molecule has 0 bridgehead atoms. The van der Waals surface area contributed by atoms with Crippen molar-refractivity contribution in [1.29, 1.82) is 0 Å². The first-order chi connectivity index (χ1) is 11.6.